The van der Waals surface area contributed by atoms with Gasteiger partial charge in [0, 0.05) is 37.9 Å². The molecule has 2 heterocycles. The van der Waals surface area contributed by atoms with E-state index in [0.29, 0.717) is 35.4 Å². The second-order valence-electron chi connectivity index (χ2n) is 9.45. The minimum Gasteiger partial charge on any atom is -0.488 e. The number of pyridine rings is 1. The van der Waals surface area contributed by atoms with Gasteiger partial charge >= 0.3 is 12.1 Å². The van der Waals surface area contributed by atoms with E-state index in [1.54, 1.807) is 24.0 Å². The largest absolute Gasteiger partial charge is 0.488 e. The summed E-state index contributed by atoms with van der Waals surface area (Å²) in [5, 5.41) is 16.9. The molecule has 11 heteroatoms. The molecule has 0 radical (unpaired) electrons. The third kappa shape index (κ3) is 6.55. The number of quaternary nitrogens is 1. The molecule has 1 aromatic heterocycles. The monoisotopic (exact) mass is 553 g/mol. The van der Waals surface area contributed by atoms with E-state index >= 15 is 0 Å². The van der Waals surface area contributed by atoms with Crippen LogP contribution < -0.4 is 10.1 Å². The molecule has 8 nitrogen and oxygen atoms in total. The number of nitrogens with one attached hydrogen (secondary N) is 1. The van der Waals surface area contributed by atoms with Gasteiger partial charge in [0.15, 0.2) is 0 Å². The second kappa shape index (κ2) is 11.7. The van der Waals surface area contributed by atoms with Gasteiger partial charge in [-0.05, 0) is 48.2 Å². The van der Waals surface area contributed by atoms with Crippen LogP contribution in [0.25, 0.3) is 11.3 Å². The van der Waals surface area contributed by atoms with Gasteiger partial charge in [0.1, 0.15) is 17.9 Å². The van der Waals surface area contributed by atoms with Crippen LogP contribution in [0.5, 0.6) is 5.75 Å². The molecule has 0 aliphatic carbocycles. The minimum atomic E-state index is -5.00. The van der Waals surface area contributed by atoms with Crippen LogP contribution in [0.15, 0.2) is 65.9 Å². The van der Waals surface area contributed by atoms with Crippen molar-refractivity contribution in [3.05, 3.63) is 88.1 Å². The number of aryl methyl sites for hydroxylation is 1. The van der Waals surface area contributed by atoms with Gasteiger partial charge in [-0.3, -0.25) is 10.1 Å². The van der Waals surface area contributed by atoms with Crippen molar-refractivity contribution in [1.82, 2.24) is 9.88 Å². The lowest BCUT2D eigenvalue weighted by atomic mass is 9.97. The second-order valence-corrected chi connectivity index (χ2v) is 9.45. The molecule has 3 aromatic rings. The maximum Gasteiger partial charge on any atom is 0.468 e. The van der Waals surface area contributed by atoms with Crippen LogP contribution in [0.4, 0.5) is 19.0 Å². The number of hydrogen-bond acceptors (Lipinski definition) is 5. The molecule has 0 fully saturated rings. The Balaban J connectivity index is 1.59. The quantitative estimate of drug-likeness (QED) is 0.284. The minimum absolute atomic E-state index is 0.0444. The first kappa shape index (κ1) is 28.5. The number of nitrogens with zero attached hydrogens (tertiary/aromatic N) is 2. The van der Waals surface area contributed by atoms with Crippen LogP contribution in [0.2, 0.25) is 0 Å². The van der Waals surface area contributed by atoms with Gasteiger partial charge in [0.25, 0.3) is 0 Å². The SMILES string of the molecule is CC(=O)N1CCc2cc(COc3ccc(C)cc3-c3cccc([NH2+]C(=C(C=N)C(=O)O)C(F)(F)F)n3)ccc2C1. The van der Waals surface area contributed by atoms with E-state index in [1.807, 2.05) is 31.2 Å². The highest BCUT2D eigenvalue weighted by atomic mass is 19.4. The summed E-state index contributed by atoms with van der Waals surface area (Å²) in [6.45, 7) is 4.90. The van der Waals surface area contributed by atoms with Gasteiger partial charge < -0.3 is 20.2 Å². The lowest BCUT2D eigenvalue weighted by molar-refractivity contribution is -0.548. The highest BCUT2D eigenvalue weighted by molar-refractivity contribution is 6.08. The number of fused-ring (bicyclic) bond motifs is 1. The number of carbonyl (C=O) groups excluding carboxylic acids is 1. The molecule has 1 amide bonds. The Morgan fingerprint density at radius 1 is 1.15 bits per heavy atom. The fraction of sp³-hybridized carbons (Fsp3) is 0.241. The molecule has 0 atom stereocenters. The van der Waals surface area contributed by atoms with Gasteiger partial charge in [-0.15, -0.1) is 0 Å². The molecule has 208 valence electrons. The molecule has 0 spiro atoms. The topological polar surface area (TPSA) is 120 Å². The van der Waals surface area contributed by atoms with Gasteiger partial charge in [-0.2, -0.15) is 18.2 Å². The molecule has 4 rings (SSSR count). The lowest BCUT2D eigenvalue weighted by Gasteiger charge is -2.28. The summed E-state index contributed by atoms with van der Waals surface area (Å²) in [5.74, 6) is -1.45. The average molecular weight is 554 g/mol. The lowest BCUT2D eigenvalue weighted by Crippen LogP contribution is -2.80. The third-order valence-corrected chi connectivity index (χ3v) is 6.57. The van der Waals surface area contributed by atoms with E-state index in [4.69, 9.17) is 15.3 Å². The number of ether oxygens (including phenoxy) is 1. The first-order valence-corrected chi connectivity index (χ1v) is 12.4. The third-order valence-electron chi connectivity index (χ3n) is 6.57. The van der Waals surface area contributed by atoms with Crippen molar-refractivity contribution in [2.75, 3.05) is 6.54 Å². The van der Waals surface area contributed by atoms with Crippen LogP contribution in [-0.4, -0.2) is 45.8 Å². The standard InChI is InChI=1S/C29H27F3N4O4/c1-17-6-9-25(40-16-19-7-8-21-15-36(18(2)37)11-10-20(21)13-19)22(12-17)24-4-3-5-26(34-24)35-27(29(30,31)32)23(14-33)28(38)39/h3-9,12-14,33H,10-11,15-16H2,1-2H3,(H,34,35)(H,38,39)/p+1. The summed E-state index contributed by atoms with van der Waals surface area (Å²) in [7, 11) is 0. The maximum atomic E-state index is 13.6. The summed E-state index contributed by atoms with van der Waals surface area (Å²) >= 11 is 0. The van der Waals surface area contributed by atoms with Crippen LogP contribution in [0.3, 0.4) is 0 Å². The summed E-state index contributed by atoms with van der Waals surface area (Å²) in [4.78, 5) is 29.2. The molecule has 2 aromatic carbocycles. The number of hydrogen-bond donors (Lipinski definition) is 3. The highest BCUT2D eigenvalue weighted by Gasteiger charge is 2.43. The average Bonchev–Trinajstić information content (AvgIpc) is 2.91. The van der Waals surface area contributed by atoms with Gasteiger partial charge in [0.05, 0.1) is 5.69 Å². The fourth-order valence-corrected chi connectivity index (χ4v) is 4.49. The Labute approximate surface area is 228 Å². The molecular formula is C29H28F3N4O4+. The Kier molecular flexibility index (Phi) is 8.34. The Morgan fingerprint density at radius 3 is 2.60 bits per heavy atom. The van der Waals surface area contributed by atoms with E-state index in [1.165, 1.54) is 12.1 Å². The van der Waals surface area contributed by atoms with Crippen LogP contribution in [0, 0.1) is 12.3 Å². The fourth-order valence-electron chi connectivity index (χ4n) is 4.49. The number of rotatable bonds is 8. The zero-order valence-corrected chi connectivity index (χ0v) is 21.9. The first-order valence-electron chi connectivity index (χ1n) is 12.4. The molecule has 0 saturated carbocycles. The zero-order chi connectivity index (χ0) is 29.0. The molecule has 0 saturated heterocycles. The van der Waals surface area contributed by atoms with Crippen molar-refractivity contribution >= 4 is 23.9 Å². The number of aliphatic carboxylic acids is 1. The van der Waals surface area contributed by atoms with Crippen molar-refractivity contribution in [1.29, 1.82) is 5.41 Å². The number of benzene rings is 2. The molecule has 0 bridgehead atoms. The van der Waals surface area contributed by atoms with Crippen molar-refractivity contribution in [3.8, 4) is 17.0 Å². The number of carboxylic acids is 1. The van der Waals surface area contributed by atoms with Crippen molar-refractivity contribution < 1.29 is 37.9 Å². The van der Waals surface area contributed by atoms with Crippen LogP contribution in [-0.2, 0) is 29.2 Å². The first-order chi connectivity index (χ1) is 19.0. The Hall–Kier alpha value is -4.51. The number of carboxylic acid groups (broad SMARTS) is 1. The van der Waals surface area contributed by atoms with E-state index in [2.05, 4.69) is 11.1 Å². The number of alkyl halides is 3. The maximum absolute atomic E-state index is 13.6. The van der Waals surface area contributed by atoms with E-state index < -0.39 is 23.4 Å². The van der Waals surface area contributed by atoms with Gasteiger partial charge in [0.2, 0.25) is 17.4 Å². The Morgan fingerprint density at radius 2 is 1.93 bits per heavy atom. The molecular weight excluding hydrogens is 525 g/mol. The molecule has 40 heavy (non-hydrogen) atoms. The van der Waals surface area contributed by atoms with Crippen LogP contribution in [0.1, 0.15) is 29.2 Å². The summed E-state index contributed by atoms with van der Waals surface area (Å²) in [5.41, 5.74) is 2.33. The zero-order valence-electron chi connectivity index (χ0n) is 21.9. The Bertz CT molecular complexity index is 1500. The molecule has 4 N–H and O–H groups in total. The van der Waals surface area contributed by atoms with Crippen molar-refractivity contribution in [2.45, 2.75) is 39.6 Å². The smallest absolute Gasteiger partial charge is 0.468 e. The number of allylic oxidation sites excluding steroid dienone is 1. The summed E-state index contributed by atoms with van der Waals surface area (Å²) in [6, 6.07) is 15.9. The van der Waals surface area contributed by atoms with E-state index in [9.17, 15) is 22.8 Å². The van der Waals surface area contributed by atoms with Crippen molar-refractivity contribution in [2.24, 2.45) is 0 Å². The molecule has 1 aliphatic heterocycles. The van der Waals surface area contributed by atoms with E-state index in [-0.39, 0.29) is 24.5 Å². The molecule has 1 aliphatic rings. The van der Waals surface area contributed by atoms with Gasteiger partial charge in [-0.1, -0.05) is 35.9 Å². The number of amides is 1. The number of halogens is 3. The molecule has 0 unspecified atom stereocenters. The summed E-state index contributed by atoms with van der Waals surface area (Å²) < 4.78 is 47.1. The highest BCUT2D eigenvalue weighted by Crippen LogP contribution is 2.32. The van der Waals surface area contributed by atoms with Crippen molar-refractivity contribution in [3.63, 3.8) is 0 Å². The van der Waals surface area contributed by atoms with Gasteiger partial charge in [-0.25, -0.2) is 4.79 Å². The normalized spacial score (nSPS) is 13.8. The number of carbonyl (C=O) groups is 2. The summed E-state index contributed by atoms with van der Waals surface area (Å²) in [6.07, 6.45) is -4.08. The predicted octanol–water partition coefficient (Wildman–Crippen LogP) is 4.29. The predicted molar refractivity (Wildman–Crippen MR) is 141 cm³/mol. The van der Waals surface area contributed by atoms with Crippen LogP contribution >= 0.6 is 0 Å². The number of nitrogens with two attached hydrogens (primary N) is 1. The number of aromatic nitrogens is 1. The van der Waals surface area contributed by atoms with E-state index in [0.717, 1.165) is 28.7 Å².